The number of nitrogens with zero attached hydrogens (tertiary/aromatic N) is 1. The Bertz CT molecular complexity index is 544. The first-order chi connectivity index (χ1) is 8.58. The monoisotopic (exact) mass is 249 g/mol. The van der Waals surface area contributed by atoms with Crippen molar-refractivity contribution in [3.05, 3.63) is 29.7 Å². The first-order valence-electron chi connectivity index (χ1n) is 5.63. The van der Waals surface area contributed by atoms with E-state index in [0.717, 1.165) is 17.0 Å². The number of carboxylic acids is 1. The maximum absolute atomic E-state index is 10.7. The van der Waals surface area contributed by atoms with Crippen molar-refractivity contribution in [3.8, 4) is 11.5 Å². The largest absolute Gasteiger partial charge is 0.480 e. The Morgan fingerprint density at radius 1 is 1.61 bits per heavy atom. The van der Waals surface area contributed by atoms with Crippen molar-refractivity contribution in [1.82, 2.24) is 15.5 Å². The summed E-state index contributed by atoms with van der Waals surface area (Å²) in [7, 11) is 0. The van der Waals surface area contributed by atoms with Gasteiger partial charge < -0.3 is 14.8 Å². The number of H-pyrrole nitrogens is 1. The van der Waals surface area contributed by atoms with Gasteiger partial charge in [0.05, 0.1) is 6.20 Å². The van der Waals surface area contributed by atoms with Crippen LogP contribution in [-0.2, 0) is 11.3 Å². The molecule has 1 atom stereocenters. The second-order valence-corrected chi connectivity index (χ2v) is 4.12. The lowest BCUT2D eigenvalue weighted by Gasteiger charge is -2.08. The fourth-order valence-electron chi connectivity index (χ4n) is 1.58. The third-order valence-corrected chi connectivity index (χ3v) is 2.67. The number of aromatic amines is 1. The van der Waals surface area contributed by atoms with Gasteiger partial charge in [0.1, 0.15) is 17.5 Å². The molecule has 0 saturated carbocycles. The maximum Gasteiger partial charge on any atom is 0.320 e. The third-order valence-electron chi connectivity index (χ3n) is 2.67. The highest BCUT2D eigenvalue weighted by Crippen LogP contribution is 2.23. The lowest BCUT2D eigenvalue weighted by Crippen LogP contribution is -2.33. The number of aromatic nitrogens is 2. The molecule has 0 fully saturated rings. The van der Waals surface area contributed by atoms with Crippen molar-refractivity contribution in [1.29, 1.82) is 0 Å². The second kappa shape index (κ2) is 5.05. The van der Waals surface area contributed by atoms with Crippen LogP contribution in [0.1, 0.15) is 18.2 Å². The molecule has 96 valence electrons. The Labute approximate surface area is 104 Å². The number of rotatable bonds is 5. The van der Waals surface area contributed by atoms with Crippen LogP contribution in [0.25, 0.3) is 11.5 Å². The van der Waals surface area contributed by atoms with E-state index in [9.17, 15) is 4.79 Å². The van der Waals surface area contributed by atoms with Gasteiger partial charge in [-0.3, -0.25) is 9.89 Å². The lowest BCUT2D eigenvalue weighted by molar-refractivity contribution is -0.139. The van der Waals surface area contributed by atoms with Gasteiger partial charge >= 0.3 is 5.97 Å². The van der Waals surface area contributed by atoms with E-state index in [1.165, 1.54) is 0 Å². The fourth-order valence-corrected chi connectivity index (χ4v) is 1.58. The Kier molecular flexibility index (Phi) is 3.47. The van der Waals surface area contributed by atoms with Crippen LogP contribution in [0.2, 0.25) is 0 Å². The van der Waals surface area contributed by atoms with Gasteiger partial charge in [0, 0.05) is 12.1 Å². The topological polar surface area (TPSA) is 91.2 Å². The van der Waals surface area contributed by atoms with Crippen LogP contribution in [0.5, 0.6) is 0 Å². The third kappa shape index (κ3) is 2.60. The van der Waals surface area contributed by atoms with E-state index in [0.29, 0.717) is 12.3 Å². The summed E-state index contributed by atoms with van der Waals surface area (Å²) >= 11 is 0. The molecule has 0 aliphatic heterocycles. The molecule has 2 heterocycles. The highest BCUT2D eigenvalue weighted by molar-refractivity contribution is 5.72. The molecule has 2 rings (SSSR count). The van der Waals surface area contributed by atoms with Gasteiger partial charge in [-0.2, -0.15) is 5.10 Å². The average molecular weight is 249 g/mol. The Balaban J connectivity index is 2.11. The molecule has 2 aromatic rings. The summed E-state index contributed by atoms with van der Waals surface area (Å²) in [6, 6.07) is 3.12. The summed E-state index contributed by atoms with van der Waals surface area (Å²) in [5.41, 5.74) is 1.64. The summed E-state index contributed by atoms with van der Waals surface area (Å²) in [5, 5.41) is 18.5. The molecule has 6 nitrogen and oxygen atoms in total. The minimum atomic E-state index is -0.881. The molecule has 2 aromatic heterocycles. The van der Waals surface area contributed by atoms with E-state index in [1.807, 2.05) is 19.1 Å². The van der Waals surface area contributed by atoms with E-state index >= 15 is 0 Å². The molecule has 3 N–H and O–H groups in total. The number of nitrogens with one attached hydrogen (secondary N) is 2. The quantitative estimate of drug-likeness (QED) is 0.747. The van der Waals surface area contributed by atoms with Gasteiger partial charge in [-0.1, -0.05) is 0 Å². The van der Waals surface area contributed by atoms with Crippen LogP contribution < -0.4 is 5.32 Å². The van der Waals surface area contributed by atoms with Gasteiger partial charge in [-0.15, -0.1) is 0 Å². The molecular formula is C12H15N3O3. The van der Waals surface area contributed by atoms with Gasteiger partial charge in [-0.25, -0.2) is 0 Å². The van der Waals surface area contributed by atoms with Crippen LogP contribution in [0, 0.1) is 6.92 Å². The standard InChI is InChI=1S/C12H15N3O3/c1-7-3-4-10(18-7)11-9(6-14-15-11)5-13-8(2)12(16)17/h3-4,6,8,13H,5H2,1-2H3,(H,14,15)(H,16,17)/t8-/m1/s1. The zero-order chi connectivity index (χ0) is 13.1. The zero-order valence-electron chi connectivity index (χ0n) is 10.2. The van der Waals surface area contributed by atoms with Crippen LogP contribution in [-0.4, -0.2) is 27.3 Å². The zero-order valence-corrected chi connectivity index (χ0v) is 10.2. The fraction of sp³-hybridized carbons (Fsp3) is 0.333. The molecule has 0 aliphatic carbocycles. The number of aliphatic carboxylic acids is 1. The van der Waals surface area contributed by atoms with Gasteiger partial charge in [0.2, 0.25) is 0 Å². The van der Waals surface area contributed by atoms with Crippen LogP contribution in [0.15, 0.2) is 22.7 Å². The Hall–Kier alpha value is -2.08. The molecule has 18 heavy (non-hydrogen) atoms. The normalized spacial score (nSPS) is 12.6. The Morgan fingerprint density at radius 3 is 3.00 bits per heavy atom. The maximum atomic E-state index is 10.7. The Morgan fingerprint density at radius 2 is 2.39 bits per heavy atom. The van der Waals surface area contributed by atoms with E-state index in [1.54, 1.807) is 13.1 Å². The molecule has 0 radical (unpaired) electrons. The molecule has 0 bridgehead atoms. The molecule has 0 saturated heterocycles. The van der Waals surface area contributed by atoms with Crippen LogP contribution >= 0.6 is 0 Å². The van der Waals surface area contributed by atoms with E-state index in [2.05, 4.69) is 15.5 Å². The number of hydrogen-bond donors (Lipinski definition) is 3. The van der Waals surface area contributed by atoms with Crippen molar-refractivity contribution in [2.45, 2.75) is 26.4 Å². The second-order valence-electron chi connectivity index (χ2n) is 4.12. The first kappa shape index (κ1) is 12.4. The van der Waals surface area contributed by atoms with Gasteiger partial charge in [0.15, 0.2) is 5.76 Å². The molecule has 0 aromatic carbocycles. The summed E-state index contributed by atoms with van der Waals surface area (Å²) in [6.07, 6.45) is 1.66. The number of hydrogen-bond acceptors (Lipinski definition) is 4. The predicted octanol–water partition coefficient (Wildman–Crippen LogP) is 1.54. The van der Waals surface area contributed by atoms with E-state index in [4.69, 9.17) is 9.52 Å². The smallest absolute Gasteiger partial charge is 0.320 e. The van der Waals surface area contributed by atoms with Crippen molar-refractivity contribution in [2.75, 3.05) is 0 Å². The van der Waals surface area contributed by atoms with Crippen LogP contribution in [0.3, 0.4) is 0 Å². The summed E-state index contributed by atoms with van der Waals surface area (Å²) in [5.74, 6) is 0.635. The summed E-state index contributed by atoms with van der Waals surface area (Å²) in [6.45, 7) is 3.88. The highest BCUT2D eigenvalue weighted by atomic mass is 16.4. The minimum Gasteiger partial charge on any atom is -0.480 e. The molecular weight excluding hydrogens is 234 g/mol. The SMILES string of the molecule is Cc1ccc(-c2[nH]ncc2CN[C@H](C)C(=O)O)o1. The molecule has 0 amide bonds. The highest BCUT2D eigenvalue weighted by Gasteiger charge is 2.14. The number of carbonyl (C=O) groups is 1. The predicted molar refractivity (Wildman–Crippen MR) is 65.0 cm³/mol. The van der Waals surface area contributed by atoms with Gasteiger partial charge in [0.25, 0.3) is 0 Å². The lowest BCUT2D eigenvalue weighted by atomic mass is 10.2. The van der Waals surface area contributed by atoms with E-state index < -0.39 is 12.0 Å². The summed E-state index contributed by atoms with van der Waals surface area (Å²) in [4.78, 5) is 10.7. The van der Waals surface area contributed by atoms with Crippen molar-refractivity contribution < 1.29 is 14.3 Å². The van der Waals surface area contributed by atoms with Crippen LogP contribution in [0.4, 0.5) is 0 Å². The van der Waals surface area contributed by atoms with Crippen molar-refractivity contribution >= 4 is 5.97 Å². The molecule has 0 unspecified atom stereocenters. The molecule has 6 heteroatoms. The minimum absolute atomic E-state index is 0.416. The van der Waals surface area contributed by atoms with E-state index in [-0.39, 0.29) is 0 Å². The molecule has 0 spiro atoms. The van der Waals surface area contributed by atoms with Crippen molar-refractivity contribution in [3.63, 3.8) is 0 Å². The number of furan rings is 1. The summed E-state index contributed by atoms with van der Waals surface area (Å²) < 4.78 is 5.51. The average Bonchev–Trinajstić information content (AvgIpc) is 2.93. The first-order valence-corrected chi connectivity index (χ1v) is 5.63. The van der Waals surface area contributed by atoms with Crippen molar-refractivity contribution in [2.24, 2.45) is 0 Å². The van der Waals surface area contributed by atoms with Gasteiger partial charge in [-0.05, 0) is 26.0 Å². The molecule has 0 aliphatic rings. The number of carboxylic acid groups (broad SMARTS) is 1. The number of aryl methyl sites for hydroxylation is 1.